The molecule has 2 saturated heterocycles. The van der Waals surface area contributed by atoms with Crippen LogP contribution in [0.3, 0.4) is 0 Å². The average molecular weight is 291 g/mol. The number of carbonyl (C=O) groups is 1. The van der Waals surface area contributed by atoms with Crippen molar-refractivity contribution in [3.63, 3.8) is 0 Å². The first kappa shape index (κ1) is 14.3. The molecule has 2 fully saturated rings. The summed E-state index contributed by atoms with van der Waals surface area (Å²) in [5.74, 6) is 0.559. The molecule has 0 N–H and O–H groups in total. The SMILES string of the molecule is CN1CCN(C(=O)c2ccnc(OC3CCOC3)c2)CC1. The van der Waals surface area contributed by atoms with Gasteiger partial charge in [-0.2, -0.15) is 0 Å². The smallest absolute Gasteiger partial charge is 0.254 e. The second-order valence-corrected chi connectivity index (χ2v) is 5.58. The van der Waals surface area contributed by atoms with Crippen molar-refractivity contribution in [2.24, 2.45) is 0 Å². The number of hydrogen-bond acceptors (Lipinski definition) is 5. The van der Waals surface area contributed by atoms with Crippen LogP contribution in [0.4, 0.5) is 0 Å². The normalized spacial score (nSPS) is 23.3. The highest BCUT2D eigenvalue weighted by Gasteiger charge is 2.22. The number of rotatable bonds is 3. The number of aromatic nitrogens is 1. The zero-order chi connectivity index (χ0) is 14.7. The molecular formula is C15H21N3O3. The number of hydrogen-bond donors (Lipinski definition) is 0. The Kier molecular flexibility index (Phi) is 4.36. The van der Waals surface area contributed by atoms with Gasteiger partial charge >= 0.3 is 0 Å². The van der Waals surface area contributed by atoms with Crippen molar-refractivity contribution in [2.75, 3.05) is 46.4 Å². The van der Waals surface area contributed by atoms with Gasteiger partial charge in [-0.15, -0.1) is 0 Å². The molecule has 1 amide bonds. The lowest BCUT2D eigenvalue weighted by Gasteiger charge is -2.32. The number of amides is 1. The Morgan fingerprint density at radius 1 is 1.38 bits per heavy atom. The van der Waals surface area contributed by atoms with E-state index in [1.54, 1.807) is 18.3 Å². The third kappa shape index (κ3) is 3.51. The van der Waals surface area contributed by atoms with Gasteiger partial charge in [0.05, 0.1) is 13.2 Å². The number of nitrogens with zero attached hydrogens (tertiary/aromatic N) is 3. The Hall–Kier alpha value is -1.66. The van der Waals surface area contributed by atoms with Crippen LogP contribution in [0.2, 0.25) is 0 Å². The van der Waals surface area contributed by atoms with Crippen molar-refractivity contribution in [1.82, 2.24) is 14.8 Å². The van der Waals surface area contributed by atoms with Crippen molar-refractivity contribution in [3.8, 4) is 5.88 Å². The summed E-state index contributed by atoms with van der Waals surface area (Å²) in [6, 6.07) is 3.48. The predicted molar refractivity (Wildman–Crippen MR) is 77.5 cm³/mol. The summed E-state index contributed by atoms with van der Waals surface area (Å²) in [7, 11) is 2.07. The summed E-state index contributed by atoms with van der Waals surface area (Å²) in [6.45, 7) is 4.69. The summed E-state index contributed by atoms with van der Waals surface area (Å²) in [4.78, 5) is 20.8. The third-order valence-corrected chi connectivity index (χ3v) is 3.95. The topological polar surface area (TPSA) is 54.9 Å². The first-order valence-electron chi connectivity index (χ1n) is 7.40. The lowest BCUT2D eigenvalue weighted by molar-refractivity contribution is 0.0663. The summed E-state index contributed by atoms with van der Waals surface area (Å²) in [5.41, 5.74) is 0.642. The molecule has 3 rings (SSSR count). The van der Waals surface area contributed by atoms with Gasteiger partial charge in [-0.1, -0.05) is 0 Å². The van der Waals surface area contributed by atoms with Gasteiger partial charge in [0.2, 0.25) is 5.88 Å². The fourth-order valence-electron chi connectivity index (χ4n) is 2.58. The van der Waals surface area contributed by atoms with E-state index < -0.39 is 0 Å². The fourth-order valence-corrected chi connectivity index (χ4v) is 2.58. The van der Waals surface area contributed by atoms with Gasteiger partial charge in [0.1, 0.15) is 6.10 Å². The molecule has 114 valence electrons. The van der Waals surface area contributed by atoms with Gasteiger partial charge in [0.15, 0.2) is 0 Å². The van der Waals surface area contributed by atoms with Crippen LogP contribution < -0.4 is 4.74 Å². The van der Waals surface area contributed by atoms with Gasteiger partial charge in [-0.05, 0) is 13.1 Å². The molecule has 0 radical (unpaired) electrons. The summed E-state index contributed by atoms with van der Waals surface area (Å²) in [6.07, 6.45) is 2.55. The summed E-state index contributed by atoms with van der Waals surface area (Å²) < 4.78 is 11.0. The van der Waals surface area contributed by atoms with E-state index in [1.807, 2.05) is 4.90 Å². The molecule has 21 heavy (non-hydrogen) atoms. The molecule has 0 saturated carbocycles. The molecule has 6 nitrogen and oxygen atoms in total. The molecule has 1 atom stereocenters. The van der Waals surface area contributed by atoms with Crippen LogP contribution in [-0.2, 0) is 4.74 Å². The number of carbonyl (C=O) groups excluding carboxylic acids is 1. The highest BCUT2D eigenvalue weighted by molar-refractivity contribution is 5.94. The standard InChI is InChI=1S/C15H21N3O3/c1-17-5-7-18(8-6-17)15(19)12-2-4-16-14(10-12)21-13-3-9-20-11-13/h2,4,10,13H,3,5-9,11H2,1H3. The molecule has 1 aromatic rings. The molecule has 6 heteroatoms. The van der Waals surface area contributed by atoms with Crippen molar-refractivity contribution >= 4 is 5.91 Å². The molecule has 0 aliphatic carbocycles. The lowest BCUT2D eigenvalue weighted by atomic mass is 10.2. The predicted octanol–water partition coefficient (Wildman–Crippen LogP) is 0.637. The van der Waals surface area contributed by atoms with E-state index in [-0.39, 0.29) is 12.0 Å². The zero-order valence-corrected chi connectivity index (χ0v) is 12.3. The van der Waals surface area contributed by atoms with Gasteiger partial charge < -0.3 is 19.3 Å². The van der Waals surface area contributed by atoms with Crippen LogP contribution in [-0.4, -0.2) is 73.2 Å². The van der Waals surface area contributed by atoms with Crippen LogP contribution >= 0.6 is 0 Å². The fraction of sp³-hybridized carbons (Fsp3) is 0.600. The molecule has 1 unspecified atom stereocenters. The molecule has 0 spiro atoms. The van der Waals surface area contributed by atoms with E-state index in [4.69, 9.17) is 9.47 Å². The molecule has 3 heterocycles. The van der Waals surface area contributed by atoms with E-state index in [2.05, 4.69) is 16.9 Å². The lowest BCUT2D eigenvalue weighted by Crippen LogP contribution is -2.47. The van der Waals surface area contributed by atoms with Crippen molar-refractivity contribution in [1.29, 1.82) is 0 Å². The van der Waals surface area contributed by atoms with E-state index >= 15 is 0 Å². The maximum atomic E-state index is 12.5. The zero-order valence-electron chi connectivity index (χ0n) is 12.3. The quantitative estimate of drug-likeness (QED) is 0.818. The second kappa shape index (κ2) is 6.41. The third-order valence-electron chi connectivity index (χ3n) is 3.95. The van der Waals surface area contributed by atoms with E-state index in [1.165, 1.54) is 0 Å². The maximum absolute atomic E-state index is 12.5. The van der Waals surface area contributed by atoms with Gasteiger partial charge in [-0.3, -0.25) is 4.79 Å². The number of likely N-dealkylation sites (N-methyl/N-ethyl adjacent to an activating group) is 1. The van der Waals surface area contributed by atoms with Crippen molar-refractivity contribution in [2.45, 2.75) is 12.5 Å². The van der Waals surface area contributed by atoms with Gasteiger partial charge in [0, 0.05) is 50.4 Å². The van der Waals surface area contributed by atoms with E-state index in [9.17, 15) is 4.79 Å². The Morgan fingerprint density at radius 2 is 2.19 bits per heavy atom. The molecular weight excluding hydrogens is 270 g/mol. The van der Waals surface area contributed by atoms with Crippen LogP contribution in [0.25, 0.3) is 0 Å². The van der Waals surface area contributed by atoms with Crippen molar-refractivity contribution in [3.05, 3.63) is 23.9 Å². The molecule has 0 aromatic carbocycles. The Morgan fingerprint density at radius 3 is 2.90 bits per heavy atom. The maximum Gasteiger partial charge on any atom is 0.254 e. The molecule has 2 aliphatic heterocycles. The number of pyridine rings is 1. The minimum atomic E-state index is 0.0477. The highest BCUT2D eigenvalue weighted by atomic mass is 16.5. The first-order valence-corrected chi connectivity index (χ1v) is 7.40. The van der Waals surface area contributed by atoms with Crippen LogP contribution in [0, 0.1) is 0 Å². The second-order valence-electron chi connectivity index (χ2n) is 5.58. The Labute approximate surface area is 124 Å². The molecule has 1 aromatic heterocycles. The van der Waals surface area contributed by atoms with Crippen molar-refractivity contribution < 1.29 is 14.3 Å². The Balaban J connectivity index is 1.65. The first-order chi connectivity index (χ1) is 10.2. The average Bonchev–Trinajstić information content (AvgIpc) is 3.00. The monoisotopic (exact) mass is 291 g/mol. The summed E-state index contributed by atoms with van der Waals surface area (Å²) in [5, 5.41) is 0. The Bertz CT molecular complexity index is 495. The van der Waals surface area contributed by atoms with Crippen LogP contribution in [0.15, 0.2) is 18.3 Å². The van der Waals surface area contributed by atoms with Gasteiger partial charge in [0.25, 0.3) is 5.91 Å². The van der Waals surface area contributed by atoms with E-state index in [0.717, 1.165) is 39.2 Å². The highest BCUT2D eigenvalue weighted by Crippen LogP contribution is 2.17. The van der Waals surface area contributed by atoms with Gasteiger partial charge in [-0.25, -0.2) is 4.98 Å². The minimum absolute atomic E-state index is 0.0477. The molecule has 0 bridgehead atoms. The largest absolute Gasteiger partial charge is 0.472 e. The molecule has 2 aliphatic rings. The number of piperazine rings is 1. The number of ether oxygens (including phenoxy) is 2. The van der Waals surface area contributed by atoms with Crippen LogP contribution in [0.1, 0.15) is 16.8 Å². The van der Waals surface area contributed by atoms with Crippen LogP contribution in [0.5, 0.6) is 5.88 Å². The minimum Gasteiger partial charge on any atom is -0.472 e. The van der Waals surface area contributed by atoms with E-state index in [0.29, 0.717) is 18.1 Å². The summed E-state index contributed by atoms with van der Waals surface area (Å²) >= 11 is 0.